The number of hydrogen-bond acceptors (Lipinski definition) is 2. The van der Waals surface area contributed by atoms with Crippen molar-refractivity contribution in [2.24, 2.45) is 0 Å². The fourth-order valence-electron chi connectivity index (χ4n) is 2.28. The number of pyridine rings is 1. The number of rotatable bonds is 5. The lowest BCUT2D eigenvalue weighted by molar-refractivity contribution is -0.0771. The van der Waals surface area contributed by atoms with Crippen LogP contribution in [0.5, 0.6) is 0 Å². The van der Waals surface area contributed by atoms with Gasteiger partial charge in [-0.25, -0.2) is 0 Å². The van der Waals surface area contributed by atoms with Crippen molar-refractivity contribution in [3.63, 3.8) is 0 Å². The molecular formula is C13H18BrNO. The van der Waals surface area contributed by atoms with Crippen LogP contribution in [0.4, 0.5) is 0 Å². The van der Waals surface area contributed by atoms with E-state index in [0.717, 1.165) is 18.5 Å². The van der Waals surface area contributed by atoms with Crippen LogP contribution in [-0.2, 0) is 11.2 Å². The molecular weight excluding hydrogens is 266 g/mol. The first-order chi connectivity index (χ1) is 7.74. The first kappa shape index (κ1) is 12.1. The molecule has 0 bridgehead atoms. The van der Waals surface area contributed by atoms with Crippen LogP contribution in [0.3, 0.4) is 0 Å². The Kier molecular flexibility index (Phi) is 3.98. The van der Waals surface area contributed by atoms with Crippen molar-refractivity contribution in [1.29, 1.82) is 0 Å². The van der Waals surface area contributed by atoms with E-state index >= 15 is 0 Å². The third-order valence-corrected chi connectivity index (χ3v) is 4.10. The molecule has 2 rings (SSSR count). The molecule has 0 aromatic carbocycles. The molecule has 1 atom stereocenters. The average Bonchev–Trinajstić information content (AvgIpc) is 2.25. The average molecular weight is 284 g/mol. The highest BCUT2D eigenvalue weighted by atomic mass is 79.9. The number of hydrogen-bond donors (Lipinski definition) is 0. The van der Waals surface area contributed by atoms with Gasteiger partial charge in [-0.3, -0.25) is 4.98 Å². The molecule has 1 aliphatic rings. The predicted octanol–water partition coefficient (Wildman–Crippen LogP) is 3.35. The minimum Gasteiger partial charge on any atom is -0.378 e. The number of nitrogens with zero attached hydrogens (tertiary/aromatic N) is 1. The summed E-state index contributed by atoms with van der Waals surface area (Å²) in [4.78, 5) is 4.81. The van der Waals surface area contributed by atoms with Crippen LogP contribution in [-0.4, -0.2) is 22.5 Å². The van der Waals surface area contributed by atoms with E-state index in [4.69, 9.17) is 4.74 Å². The summed E-state index contributed by atoms with van der Waals surface area (Å²) >= 11 is 3.75. The molecule has 3 heteroatoms. The SMILES string of the molecule is COC1(CC(Br)Cc2ccccn2)CCC1. The monoisotopic (exact) mass is 283 g/mol. The maximum atomic E-state index is 5.63. The van der Waals surface area contributed by atoms with E-state index in [-0.39, 0.29) is 5.60 Å². The Balaban J connectivity index is 1.87. The Hall–Kier alpha value is -0.410. The molecule has 0 radical (unpaired) electrons. The Labute approximate surface area is 106 Å². The van der Waals surface area contributed by atoms with E-state index in [2.05, 4.69) is 27.0 Å². The Bertz CT molecular complexity index is 318. The first-order valence-electron chi connectivity index (χ1n) is 5.83. The number of halogens is 1. The van der Waals surface area contributed by atoms with Gasteiger partial charge in [0.15, 0.2) is 0 Å². The molecule has 1 saturated carbocycles. The van der Waals surface area contributed by atoms with Crippen molar-refractivity contribution >= 4 is 15.9 Å². The summed E-state index contributed by atoms with van der Waals surface area (Å²) in [5.74, 6) is 0. The number of aromatic nitrogens is 1. The van der Waals surface area contributed by atoms with Crippen molar-refractivity contribution in [2.45, 2.75) is 42.5 Å². The standard InChI is InChI=1S/C13H18BrNO/c1-16-13(6-4-7-13)10-11(14)9-12-5-2-3-8-15-12/h2-3,5,8,11H,4,6-7,9-10H2,1H3. The third kappa shape index (κ3) is 2.83. The summed E-state index contributed by atoms with van der Waals surface area (Å²) in [6.07, 6.45) is 7.62. The third-order valence-electron chi connectivity index (χ3n) is 3.45. The van der Waals surface area contributed by atoms with Crippen molar-refractivity contribution in [3.05, 3.63) is 30.1 Å². The van der Waals surface area contributed by atoms with Gasteiger partial charge in [-0.05, 0) is 37.8 Å². The van der Waals surface area contributed by atoms with E-state index in [1.54, 1.807) is 0 Å². The highest BCUT2D eigenvalue weighted by Crippen LogP contribution is 2.40. The highest BCUT2D eigenvalue weighted by Gasteiger charge is 2.38. The number of methoxy groups -OCH3 is 1. The molecule has 1 heterocycles. The Morgan fingerprint density at radius 2 is 2.31 bits per heavy atom. The highest BCUT2D eigenvalue weighted by molar-refractivity contribution is 9.09. The second-order valence-electron chi connectivity index (χ2n) is 4.57. The van der Waals surface area contributed by atoms with E-state index in [9.17, 15) is 0 Å². The second-order valence-corrected chi connectivity index (χ2v) is 5.86. The van der Waals surface area contributed by atoms with E-state index in [1.165, 1.54) is 19.3 Å². The van der Waals surface area contributed by atoms with Gasteiger partial charge >= 0.3 is 0 Å². The van der Waals surface area contributed by atoms with Gasteiger partial charge in [0, 0.05) is 30.2 Å². The molecule has 2 nitrogen and oxygen atoms in total. The second kappa shape index (κ2) is 5.28. The van der Waals surface area contributed by atoms with E-state index in [0.29, 0.717) is 4.83 Å². The van der Waals surface area contributed by atoms with Crippen molar-refractivity contribution in [1.82, 2.24) is 4.98 Å². The molecule has 0 amide bonds. The smallest absolute Gasteiger partial charge is 0.0689 e. The van der Waals surface area contributed by atoms with E-state index in [1.807, 2.05) is 25.4 Å². The van der Waals surface area contributed by atoms with Gasteiger partial charge in [0.1, 0.15) is 0 Å². The minimum absolute atomic E-state index is 0.142. The van der Waals surface area contributed by atoms with Gasteiger partial charge in [0.05, 0.1) is 5.60 Å². The zero-order chi connectivity index (χ0) is 11.4. The van der Waals surface area contributed by atoms with Crippen LogP contribution in [0, 0.1) is 0 Å². The molecule has 88 valence electrons. The van der Waals surface area contributed by atoms with Gasteiger partial charge in [-0.1, -0.05) is 22.0 Å². The summed E-state index contributed by atoms with van der Waals surface area (Å²) in [6, 6.07) is 6.07. The van der Waals surface area contributed by atoms with Gasteiger partial charge in [-0.15, -0.1) is 0 Å². The lowest BCUT2D eigenvalue weighted by Gasteiger charge is -2.41. The van der Waals surface area contributed by atoms with Crippen molar-refractivity contribution in [3.8, 4) is 0 Å². The zero-order valence-corrected chi connectivity index (χ0v) is 11.2. The lowest BCUT2D eigenvalue weighted by atomic mass is 9.76. The zero-order valence-electron chi connectivity index (χ0n) is 9.66. The normalized spacial score (nSPS) is 20.1. The molecule has 0 saturated heterocycles. The van der Waals surface area contributed by atoms with Crippen LogP contribution in [0.1, 0.15) is 31.4 Å². The van der Waals surface area contributed by atoms with Crippen LogP contribution >= 0.6 is 15.9 Å². The maximum Gasteiger partial charge on any atom is 0.0689 e. The fraction of sp³-hybridized carbons (Fsp3) is 0.615. The van der Waals surface area contributed by atoms with Gasteiger partial charge in [0.25, 0.3) is 0 Å². The topological polar surface area (TPSA) is 22.1 Å². The molecule has 0 N–H and O–H groups in total. The van der Waals surface area contributed by atoms with Gasteiger partial charge in [0.2, 0.25) is 0 Å². The number of alkyl halides is 1. The molecule has 16 heavy (non-hydrogen) atoms. The van der Waals surface area contributed by atoms with Crippen LogP contribution in [0.2, 0.25) is 0 Å². The predicted molar refractivity (Wildman–Crippen MR) is 68.9 cm³/mol. The maximum absolute atomic E-state index is 5.63. The molecule has 1 aromatic rings. The minimum atomic E-state index is 0.142. The number of ether oxygens (including phenoxy) is 1. The fourth-order valence-corrected chi connectivity index (χ4v) is 3.21. The molecule has 1 unspecified atom stereocenters. The van der Waals surface area contributed by atoms with Crippen LogP contribution in [0.25, 0.3) is 0 Å². The Morgan fingerprint density at radius 3 is 2.81 bits per heavy atom. The summed E-state index contributed by atoms with van der Waals surface area (Å²) in [7, 11) is 1.83. The van der Waals surface area contributed by atoms with E-state index < -0.39 is 0 Å². The van der Waals surface area contributed by atoms with Gasteiger partial charge < -0.3 is 4.74 Å². The lowest BCUT2D eigenvalue weighted by Crippen LogP contribution is -2.41. The molecule has 1 aromatic heterocycles. The van der Waals surface area contributed by atoms with Crippen molar-refractivity contribution in [2.75, 3.05) is 7.11 Å². The summed E-state index contributed by atoms with van der Waals surface area (Å²) < 4.78 is 5.63. The quantitative estimate of drug-likeness (QED) is 0.774. The van der Waals surface area contributed by atoms with Crippen molar-refractivity contribution < 1.29 is 4.74 Å². The molecule has 1 fully saturated rings. The molecule has 0 aliphatic heterocycles. The summed E-state index contributed by atoms with van der Waals surface area (Å²) in [6.45, 7) is 0. The summed E-state index contributed by atoms with van der Waals surface area (Å²) in [5, 5.41) is 0. The van der Waals surface area contributed by atoms with Gasteiger partial charge in [-0.2, -0.15) is 0 Å². The summed E-state index contributed by atoms with van der Waals surface area (Å²) in [5.41, 5.74) is 1.29. The molecule has 1 aliphatic carbocycles. The first-order valence-corrected chi connectivity index (χ1v) is 6.75. The van der Waals surface area contributed by atoms with Crippen LogP contribution < -0.4 is 0 Å². The largest absolute Gasteiger partial charge is 0.378 e. The molecule has 0 spiro atoms. The Morgan fingerprint density at radius 1 is 1.50 bits per heavy atom. The van der Waals surface area contributed by atoms with Crippen LogP contribution in [0.15, 0.2) is 24.4 Å².